The van der Waals surface area contributed by atoms with Crippen LogP contribution in [0.15, 0.2) is 12.1 Å². The van der Waals surface area contributed by atoms with Gasteiger partial charge in [-0.1, -0.05) is 26.2 Å². The number of carbonyl (C=O) groups excluding carboxylic acids is 1. The van der Waals surface area contributed by atoms with Gasteiger partial charge in [0.15, 0.2) is 0 Å². The van der Waals surface area contributed by atoms with E-state index in [9.17, 15) is 13.6 Å². The van der Waals surface area contributed by atoms with Crippen LogP contribution in [-0.4, -0.2) is 12.5 Å². The maximum atomic E-state index is 13.4. The van der Waals surface area contributed by atoms with E-state index >= 15 is 0 Å². The molecular formula is C13H18F2N2O. The minimum atomic E-state index is -0.896. The Kier molecular flexibility index (Phi) is 5.55. The van der Waals surface area contributed by atoms with Gasteiger partial charge >= 0.3 is 0 Å². The third-order valence-electron chi connectivity index (χ3n) is 2.65. The van der Waals surface area contributed by atoms with Crippen molar-refractivity contribution in [3.8, 4) is 0 Å². The molecule has 0 aromatic heterocycles. The lowest BCUT2D eigenvalue weighted by Gasteiger charge is -2.07. The van der Waals surface area contributed by atoms with Crippen molar-refractivity contribution in [3.05, 3.63) is 29.3 Å². The Labute approximate surface area is 105 Å². The van der Waals surface area contributed by atoms with E-state index in [0.717, 1.165) is 31.7 Å². The molecule has 1 rings (SSSR count). The van der Waals surface area contributed by atoms with Gasteiger partial charge in [0.05, 0.1) is 11.3 Å². The summed E-state index contributed by atoms with van der Waals surface area (Å²) in [7, 11) is 0. The van der Waals surface area contributed by atoms with Crippen LogP contribution < -0.4 is 11.1 Å². The van der Waals surface area contributed by atoms with Gasteiger partial charge in [-0.15, -0.1) is 0 Å². The summed E-state index contributed by atoms with van der Waals surface area (Å²) in [5.74, 6) is -2.31. The standard InChI is InChI=1S/C13H18F2N2O/c1-2-3-4-5-6-17-13(18)9-7-12(16)11(15)8-10(9)14/h7-8H,2-6,16H2,1H3,(H,17,18). The molecular weight excluding hydrogens is 238 g/mol. The van der Waals surface area contributed by atoms with Crippen molar-refractivity contribution in [2.45, 2.75) is 32.6 Å². The predicted molar refractivity (Wildman–Crippen MR) is 67.2 cm³/mol. The van der Waals surface area contributed by atoms with Gasteiger partial charge in [-0.25, -0.2) is 8.78 Å². The molecule has 1 amide bonds. The average molecular weight is 256 g/mol. The monoisotopic (exact) mass is 256 g/mol. The summed E-state index contributed by atoms with van der Waals surface area (Å²) in [6.45, 7) is 2.57. The highest BCUT2D eigenvalue weighted by Crippen LogP contribution is 2.16. The van der Waals surface area contributed by atoms with Crippen molar-refractivity contribution in [2.75, 3.05) is 12.3 Å². The van der Waals surface area contributed by atoms with Crippen LogP contribution in [0, 0.1) is 11.6 Å². The predicted octanol–water partition coefficient (Wildman–Crippen LogP) is 2.86. The van der Waals surface area contributed by atoms with Crippen molar-refractivity contribution in [2.24, 2.45) is 0 Å². The largest absolute Gasteiger partial charge is 0.396 e. The number of carbonyl (C=O) groups is 1. The Hall–Kier alpha value is -1.65. The highest BCUT2D eigenvalue weighted by Gasteiger charge is 2.14. The molecule has 0 aliphatic rings. The van der Waals surface area contributed by atoms with E-state index in [0.29, 0.717) is 12.6 Å². The number of hydrogen-bond acceptors (Lipinski definition) is 2. The molecule has 0 spiro atoms. The van der Waals surface area contributed by atoms with Crippen molar-refractivity contribution in [1.82, 2.24) is 5.32 Å². The quantitative estimate of drug-likeness (QED) is 0.607. The summed E-state index contributed by atoms with van der Waals surface area (Å²) < 4.78 is 26.3. The molecule has 0 bridgehead atoms. The third kappa shape index (κ3) is 3.98. The molecule has 0 aliphatic carbocycles. The smallest absolute Gasteiger partial charge is 0.254 e. The number of nitrogen functional groups attached to an aromatic ring is 1. The zero-order valence-electron chi connectivity index (χ0n) is 10.4. The van der Waals surface area contributed by atoms with Gasteiger partial charge in [0, 0.05) is 12.6 Å². The molecule has 0 saturated heterocycles. The van der Waals surface area contributed by atoms with Crippen LogP contribution in [0.1, 0.15) is 43.0 Å². The van der Waals surface area contributed by atoms with Gasteiger partial charge in [0.1, 0.15) is 11.6 Å². The maximum Gasteiger partial charge on any atom is 0.254 e. The molecule has 0 atom stereocenters. The Morgan fingerprint density at radius 3 is 2.61 bits per heavy atom. The Balaban J connectivity index is 2.54. The van der Waals surface area contributed by atoms with Crippen molar-refractivity contribution < 1.29 is 13.6 Å². The van der Waals surface area contributed by atoms with E-state index in [2.05, 4.69) is 12.2 Å². The summed E-state index contributed by atoms with van der Waals surface area (Å²) >= 11 is 0. The van der Waals surface area contributed by atoms with E-state index in [1.54, 1.807) is 0 Å². The number of unbranched alkanes of at least 4 members (excludes halogenated alkanes) is 3. The normalized spacial score (nSPS) is 10.4. The van der Waals surface area contributed by atoms with Gasteiger partial charge in [0.2, 0.25) is 0 Å². The van der Waals surface area contributed by atoms with E-state index < -0.39 is 17.5 Å². The maximum absolute atomic E-state index is 13.4. The lowest BCUT2D eigenvalue weighted by Crippen LogP contribution is -2.25. The van der Waals surface area contributed by atoms with Gasteiger partial charge in [-0.3, -0.25) is 4.79 Å². The van der Waals surface area contributed by atoms with Crippen molar-refractivity contribution in [1.29, 1.82) is 0 Å². The third-order valence-corrected chi connectivity index (χ3v) is 2.65. The first kappa shape index (κ1) is 14.4. The fourth-order valence-corrected chi connectivity index (χ4v) is 1.59. The zero-order chi connectivity index (χ0) is 13.5. The second-order valence-corrected chi connectivity index (χ2v) is 4.17. The molecule has 100 valence electrons. The molecule has 0 unspecified atom stereocenters. The highest BCUT2D eigenvalue weighted by atomic mass is 19.1. The van der Waals surface area contributed by atoms with E-state index in [4.69, 9.17) is 5.73 Å². The Morgan fingerprint density at radius 1 is 1.22 bits per heavy atom. The van der Waals surface area contributed by atoms with Gasteiger partial charge < -0.3 is 11.1 Å². The van der Waals surface area contributed by atoms with Gasteiger partial charge in [0.25, 0.3) is 5.91 Å². The summed E-state index contributed by atoms with van der Waals surface area (Å²) in [6, 6.07) is 1.65. The van der Waals surface area contributed by atoms with Gasteiger partial charge in [-0.2, -0.15) is 0 Å². The van der Waals surface area contributed by atoms with Crippen LogP contribution in [0.25, 0.3) is 0 Å². The molecule has 1 aromatic rings. The second kappa shape index (κ2) is 6.93. The summed E-state index contributed by atoms with van der Waals surface area (Å²) in [4.78, 5) is 11.6. The Bertz CT molecular complexity index is 422. The molecule has 0 heterocycles. The minimum Gasteiger partial charge on any atom is -0.396 e. The fourth-order valence-electron chi connectivity index (χ4n) is 1.59. The van der Waals surface area contributed by atoms with E-state index in [-0.39, 0.29) is 11.3 Å². The molecule has 5 heteroatoms. The van der Waals surface area contributed by atoms with Crippen LogP contribution in [-0.2, 0) is 0 Å². The minimum absolute atomic E-state index is 0.218. The number of nitrogens with two attached hydrogens (primary N) is 1. The lowest BCUT2D eigenvalue weighted by atomic mass is 10.1. The number of rotatable bonds is 6. The Morgan fingerprint density at radius 2 is 1.94 bits per heavy atom. The molecule has 3 nitrogen and oxygen atoms in total. The van der Waals surface area contributed by atoms with Crippen LogP contribution in [0.4, 0.5) is 14.5 Å². The highest BCUT2D eigenvalue weighted by molar-refractivity contribution is 5.95. The van der Waals surface area contributed by atoms with E-state index in [1.165, 1.54) is 0 Å². The van der Waals surface area contributed by atoms with Crippen LogP contribution >= 0.6 is 0 Å². The van der Waals surface area contributed by atoms with Gasteiger partial charge in [-0.05, 0) is 12.5 Å². The van der Waals surface area contributed by atoms with Crippen LogP contribution in [0.3, 0.4) is 0 Å². The van der Waals surface area contributed by atoms with Crippen molar-refractivity contribution in [3.63, 3.8) is 0 Å². The zero-order valence-corrected chi connectivity index (χ0v) is 10.4. The van der Waals surface area contributed by atoms with Crippen LogP contribution in [0.2, 0.25) is 0 Å². The molecule has 0 radical (unpaired) electrons. The molecule has 0 saturated carbocycles. The summed E-state index contributed by atoms with van der Waals surface area (Å²) in [6.07, 6.45) is 4.08. The number of anilines is 1. The van der Waals surface area contributed by atoms with Crippen LogP contribution in [0.5, 0.6) is 0 Å². The molecule has 18 heavy (non-hydrogen) atoms. The number of hydrogen-bond donors (Lipinski definition) is 2. The molecule has 1 aromatic carbocycles. The fraction of sp³-hybridized carbons (Fsp3) is 0.462. The summed E-state index contributed by atoms with van der Waals surface area (Å²) in [5, 5.41) is 2.59. The lowest BCUT2D eigenvalue weighted by molar-refractivity contribution is 0.0949. The molecule has 0 aliphatic heterocycles. The number of amides is 1. The molecule has 0 fully saturated rings. The SMILES string of the molecule is CCCCCCNC(=O)c1cc(N)c(F)cc1F. The topological polar surface area (TPSA) is 55.1 Å². The molecule has 3 N–H and O–H groups in total. The van der Waals surface area contributed by atoms with Crippen molar-refractivity contribution >= 4 is 11.6 Å². The first-order valence-electron chi connectivity index (χ1n) is 6.09. The average Bonchev–Trinajstić information content (AvgIpc) is 2.33. The number of benzene rings is 1. The number of nitrogens with one attached hydrogen (secondary N) is 1. The van der Waals surface area contributed by atoms with E-state index in [1.807, 2.05) is 0 Å². The second-order valence-electron chi connectivity index (χ2n) is 4.17. The first-order chi connectivity index (χ1) is 8.56. The first-order valence-corrected chi connectivity index (χ1v) is 6.09. The summed E-state index contributed by atoms with van der Waals surface area (Å²) in [5.41, 5.74) is 4.85. The number of halogens is 2.